The molecule has 1 aromatic rings. The van der Waals surface area contributed by atoms with Gasteiger partial charge in [-0.3, -0.25) is 9.69 Å². The van der Waals surface area contributed by atoms with E-state index in [1.807, 2.05) is 18.2 Å². The number of nitrogens with zero attached hydrogens (tertiary/aromatic N) is 1. The molecule has 1 aromatic carbocycles. The Morgan fingerprint density at radius 1 is 1.47 bits per heavy atom. The first kappa shape index (κ1) is 12.1. The fourth-order valence-corrected chi connectivity index (χ4v) is 2.51. The molecule has 17 heavy (non-hydrogen) atoms. The molecule has 3 nitrogen and oxygen atoms in total. The summed E-state index contributed by atoms with van der Waals surface area (Å²) in [6.07, 6.45) is 1.92. The lowest BCUT2D eigenvalue weighted by Crippen LogP contribution is -2.54. The zero-order valence-corrected chi connectivity index (χ0v) is 10.4. The Bertz CT molecular complexity index is 377. The molecule has 0 N–H and O–H groups in total. The van der Waals surface area contributed by atoms with Gasteiger partial charge in [0.2, 0.25) is 0 Å². The molecular weight excluding hydrogens is 214 g/mol. The molecule has 2 unspecified atom stereocenters. The Labute approximate surface area is 102 Å². The molecule has 1 aliphatic rings. The summed E-state index contributed by atoms with van der Waals surface area (Å²) >= 11 is 0. The summed E-state index contributed by atoms with van der Waals surface area (Å²) in [7, 11) is 1.46. The highest BCUT2D eigenvalue weighted by atomic mass is 16.5. The van der Waals surface area contributed by atoms with Gasteiger partial charge >= 0.3 is 5.97 Å². The van der Waals surface area contributed by atoms with E-state index < -0.39 is 0 Å². The zero-order valence-electron chi connectivity index (χ0n) is 10.4. The van der Waals surface area contributed by atoms with Gasteiger partial charge in [-0.05, 0) is 18.4 Å². The minimum absolute atomic E-state index is 0.0508. The van der Waals surface area contributed by atoms with E-state index in [9.17, 15) is 4.79 Å². The Morgan fingerprint density at radius 3 is 2.65 bits per heavy atom. The van der Waals surface area contributed by atoms with Crippen LogP contribution in [0.1, 0.15) is 31.4 Å². The van der Waals surface area contributed by atoms with Gasteiger partial charge < -0.3 is 4.74 Å². The van der Waals surface area contributed by atoms with Crippen molar-refractivity contribution in [2.75, 3.05) is 13.7 Å². The number of likely N-dealkylation sites (tertiary alicyclic amines) is 1. The van der Waals surface area contributed by atoms with E-state index >= 15 is 0 Å². The number of hydrogen-bond acceptors (Lipinski definition) is 3. The van der Waals surface area contributed by atoms with E-state index in [1.54, 1.807) is 0 Å². The third kappa shape index (κ3) is 2.34. The first-order chi connectivity index (χ1) is 8.27. The van der Waals surface area contributed by atoms with Crippen molar-refractivity contribution in [2.24, 2.45) is 0 Å². The van der Waals surface area contributed by atoms with E-state index in [0.717, 1.165) is 19.4 Å². The highest BCUT2D eigenvalue weighted by Crippen LogP contribution is 2.33. The molecule has 1 aliphatic heterocycles. The van der Waals surface area contributed by atoms with Crippen molar-refractivity contribution in [2.45, 2.75) is 31.8 Å². The van der Waals surface area contributed by atoms with Gasteiger partial charge in [0.1, 0.15) is 6.04 Å². The molecular formula is C14H19NO2. The number of esters is 1. The Morgan fingerprint density at radius 2 is 2.18 bits per heavy atom. The predicted octanol–water partition coefficient (Wildman–Crippen LogP) is 2.39. The number of rotatable bonds is 4. The topological polar surface area (TPSA) is 29.5 Å². The van der Waals surface area contributed by atoms with Crippen molar-refractivity contribution < 1.29 is 9.53 Å². The number of carbonyl (C=O) groups is 1. The Hall–Kier alpha value is -1.35. The summed E-state index contributed by atoms with van der Waals surface area (Å²) in [4.78, 5) is 13.8. The number of carbonyl (C=O) groups excluding carboxylic acids is 1. The van der Waals surface area contributed by atoms with Gasteiger partial charge in [-0.2, -0.15) is 0 Å². The summed E-state index contributed by atoms with van der Waals surface area (Å²) in [5, 5.41) is 0. The van der Waals surface area contributed by atoms with E-state index in [1.165, 1.54) is 12.7 Å². The normalized spacial score (nSPS) is 21.6. The van der Waals surface area contributed by atoms with Gasteiger partial charge in [-0.25, -0.2) is 0 Å². The lowest BCUT2D eigenvalue weighted by atomic mass is 9.94. The van der Waals surface area contributed by atoms with Gasteiger partial charge in [0.25, 0.3) is 0 Å². The average molecular weight is 233 g/mol. The molecule has 0 radical (unpaired) electrons. The molecule has 3 heteroatoms. The molecule has 0 aliphatic carbocycles. The minimum atomic E-state index is -0.106. The quantitative estimate of drug-likeness (QED) is 0.748. The van der Waals surface area contributed by atoms with Crippen molar-refractivity contribution in [3.63, 3.8) is 0 Å². The summed E-state index contributed by atoms with van der Waals surface area (Å²) < 4.78 is 4.83. The fourth-order valence-electron chi connectivity index (χ4n) is 2.51. The SMILES string of the molecule is CCC(c1ccccc1)N1CCC1C(=O)OC. The Balaban J connectivity index is 2.12. The number of hydrogen-bond donors (Lipinski definition) is 0. The second-order valence-electron chi connectivity index (χ2n) is 4.40. The number of benzene rings is 1. The largest absolute Gasteiger partial charge is 0.468 e. The molecule has 1 fully saturated rings. The lowest BCUT2D eigenvalue weighted by Gasteiger charge is -2.44. The molecule has 2 atom stereocenters. The van der Waals surface area contributed by atoms with Gasteiger partial charge in [0.05, 0.1) is 7.11 Å². The van der Waals surface area contributed by atoms with Crippen LogP contribution < -0.4 is 0 Å². The molecule has 0 amide bonds. The van der Waals surface area contributed by atoms with Crippen LogP contribution in [-0.2, 0) is 9.53 Å². The maximum absolute atomic E-state index is 11.6. The summed E-state index contributed by atoms with van der Waals surface area (Å²) in [6.45, 7) is 3.14. The van der Waals surface area contributed by atoms with Gasteiger partial charge in [0.15, 0.2) is 0 Å². The first-order valence-corrected chi connectivity index (χ1v) is 6.16. The van der Waals surface area contributed by atoms with Crippen molar-refractivity contribution >= 4 is 5.97 Å². The molecule has 0 bridgehead atoms. The highest BCUT2D eigenvalue weighted by molar-refractivity contribution is 5.76. The maximum Gasteiger partial charge on any atom is 0.323 e. The average Bonchev–Trinajstić information content (AvgIpc) is 2.35. The van der Waals surface area contributed by atoms with Crippen LogP contribution in [0.4, 0.5) is 0 Å². The zero-order chi connectivity index (χ0) is 12.3. The van der Waals surface area contributed by atoms with Crippen molar-refractivity contribution in [1.29, 1.82) is 0 Å². The van der Waals surface area contributed by atoms with Crippen LogP contribution in [0.25, 0.3) is 0 Å². The molecule has 92 valence electrons. The molecule has 0 saturated carbocycles. The van der Waals surface area contributed by atoms with Crippen LogP contribution in [-0.4, -0.2) is 30.6 Å². The first-order valence-electron chi connectivity index (χ1n) is 6.16. The fraction of sp³-hybridized carbons (Fsp3) is 0.500. The highest BCUT2D eigenvalue weighted by Gasteiger charge is 2.39. The molecule has 0 aromatic heterocycles. The molecule has 0 spiro atoms. The standard InChI is InChI=1S/C14H19NO2/c1-3-12(11-7-5-4-6-8-11)15-10-9-13(15)14(16)17-2/h4-8,12-13H,3,9-10H2,1-2H3. The molecule has 1 heterocycles. The maximum atomic E-state index is 11.6. The van der Waals surface area contributed by atoms with Crippen LogP contribution in [0, 0.1) is 0 Å². The minimum Gasteiger partial charge on any atom is -0.468 e. The van der Waals surface area contributed by atoms with Crippen LogP contribution >= 0.6 is 0 Å². The van der Waals surface area contributed by atoms with Gasteiger partial charge in [0, 0.05) is 12.6 Å². The van der Waals surface area contributed by atoms with E-state index in [4.69, 9.17) is 4.74 Å². The van der Waals surface area contributed by atoms with Crippen LogP contribution in [0.15, 0.2) is 30.3 Å². The monoisotopic (exact) mass is 233 g/mol. The van der Waals surface area contributed by atoms with Crippen molar-refractivity contribution in [1.82, 2.24) is 4.90 Å². The molecule has 1 saturated heterocycles. The summed E-state index contributed by atoms with van der Waals surface area (Å²) in [6, 6.07) is 10.6. The summed E-state index contributed by atoms with van der Waals surface area (Å²) in [5.74, 6) is -0.106. The summed E-state index contributed by atoms with van der Waals surface area (Å²) in [5.41, 5.74) is 1.28. The van der Waals surface area contributed by atoms with Crippen LogP contribution in [0.5, 0.6) is 0 Å². The van der Waals surface area contributed by atoms with Gasteiger partial charge in [-0.1, -0.05) is 37.3 Å². The Kier molecular flexibility index (Phi) is 3.79. The second-order valence-corrected chi connectivity index (χ2v) is 4.40. The van der Waals surface area contributed by atoms with E-state index in [2.05, 4.69) is 24.0 Å². The lowest BCUT2D eigenvalue weighted by molar-refractivity contribution is -0.154. The molecule has 2 rings (SSSR count). The smallest absolute Gasteiger partial charge is 0.323 e. The predicted molar refractivity (Wildman–Crippen MR) is 66.6 cm³/mol. The van der Waals surface area contributed by atoms with Crippen molar-refractivity contribution in [3.05, 3.63) is 35.9 Å². The van der Waals surface area contributed by atoms with Gasteiger partial charge in [-0.15, -0.1) is 0 Å². The van der Waals surface area contributed by atoms with Crippen LogP contribution in [0.2, 0.25) is 0 Å². The number of ether oxygens (including phenoxy) is 1. The third-order valence-electron chi connectivity index (χ3n) is 3.51. The number of methoxy groups -OCH3 is 1. The van der Waals surface area contributed by atoms with Crippen LogP contribution in [0.3, 0.4) is 0 Å². The third-order valence-corrected chi connectivity index (χ3v) is 3.51. The van der Waals surface area contributed by atoms with E-state index in [-0.39, 0.29) is 12.0 Å². The second kappa shape index (κ2) is 5.32. The van der Waals surface area contributed by atoms with E-state index in [0.29, 0.717) is 6.04 Å². The van der Waals surface area contributed by atoms with Crippen molar-refractivity contribution in [3.8, 4) is 0 Å².